The smallest absolute Gasteiger partial charge is 0.173 e. The van der Waals surface area contributed by atoms with E-state index in [0.29, 0.717) is 29.7 Å². The van der Waals surface area contributed by atoms with E-state index in [1.54, 1.807) is 12.4 Å². The lowest BCUT2D eigenvalue weighted by Crippen LogP contribution is -2.25. The van der Waals surface area contributed by atoms with E-state index in [-0.39, 0.29) is 5.78 Å². The van der Waals surface area contributed by atoms with Crippen LogP contribution in [0.2, 0.25) is 5.02 Å². The zero-order chi connectivity index (χ0) is 23.5. The molecule has 0 amide bonds. The molecule has 5 rings (SSSR count). The minimum absolute atomic E-state index is 0.130. The van der Waals surface area contributed by atoms with Gasteiger partial charge in [-0.25, -0.2) is 4.98 Å². The van der Waals surface area contributed by atoms with Gasteiger partial charge in [0.2, 0.25) is 0 Å². The molecule has 1 aliphatic rings. The Kier molecular flexibility index (Phi) is 6.76. The fourth-order valence-electron chi connectivity index (χ4n) is 4.42. The Labute approximate surface area is 207 Å². The zero-order valence-electron chi connectivity index (χ0n) is 18.7. The Balaban J connectivity index is 1.17. The number of pyridine rings is 2. The van der Waals surface area contributed by atoms with Crippen molar-refractivity contribution in [2.75, 3.05) is 24.1 Å². The highest BCUT2D eigenvalue weighted by atomic mass is 35.5. The lowest BCUT2D eigenvalue weighted by atomic mass is 10.0. The fourth-order valence-corrected chi connectivity index (χ4v) is 5.83. The Morgan fingerprint density at radius 2 is 2.15 bits per heavy atom. The van der Waals surface area contributed by atoms with Crippen LogP contribution >= 0.6 is 22.9 Å². The number of nitrogen functional groups attached to an aromatic ring is 1. The first-order valence-electron chi connectivity index (χ1n) is 11.4. The second-order valence-electron chi connectivity index (χ2n) is 8.66. The van der Waals surface area contributed by atoms with Crippen LogP contribution in [0.3, 0.4) is 0 Å². The minimum atomic E-state index is 0.130. The van der Waals surface area contributed by atoms with E-state index >= 15 is 0 Å². The number of nitrogens with two attached hydrogens (primary N) is 1. The van der Waals surface area contributed by atoms with Gasteiger partial charge >= 0.3 is 0 Å². The molecule has 8 heteroatoms. The van der Waals surface area contributed by atoms with Crippen molar-refractivity contribution in [3.05, 3.63) is 81.4 Å². The Morgan fingerprint density at radius 3 is 3.00 bits per heavy atom. The first-order valence-corrected chi connectivity index (χ1v) is 12.6. The van der Waals surface area contributed by atoms with Gasteiger partial charge in [-0.1, -0.05) is 29.8 Å². The number of Topliss-reactive ketones (excluding diaryl/α,β-unsaturated/α-hetero) is 1. The number of likely N-dealkylation sites (tertiary alicyclic amines) is 1. The lowest BCUT2D eigenvalue weighted by Gasteiger charge is -2.16. The summed E-state index contributed by atoms with van der Waals surface area (Å²) in [5.74, 6) is 0.656. The number of aryl methyl sites for hydroxylation is 1. The zero-order valence-corrected chi connectivity index (χ0v) is 20.3. The van der Waals surface area contributed by atoms with E-state index in [2.05, 4.69) is 26.3 Å². The summed E-state index contributed by atoms with van der Waals surface area (Å²) in [4.78, 5) is 25.3. The predicted molar refractivity (Wildman–Crippen MR) is 140 cm³/mol. The highest BCUT2D eigenvalue weighted by Crippen LogP contribution is 2.31. The Bertz CT molecular complexity index is 1310. The van der Waals surface area contributed by atoms with Crippen LogP contribution in [-0.4, -0.2) is 39.8 Å². The first-order chi connectivity index (χ1) is 16.5. The van der Waals surface area contributed by atoms with Gasteiger partial charge in [-0.05, 0) is 48.1 Å². The van der Waals surface area contributed by atoms with Gasteiger partial charge < -0.3 is 11.1 Å². The highest BCUT2D eigenvalue weighted by Gasteiger charge is 2.24. The molecule has 6 nitrogen and oxygen atoms in total. The molecule has 0 spiro atoms. The molecule has 1 aliphatic heterocycles. The van der Waals surface area contributed by atoms with Crippen LogP contribution in [0.1, 0.15) is 33.0 Å². The number of benzene rings is 1. The number of fused-ring (bicyclic) bond motifs is 1. The van der Waals surface area contributed by atoms with E-state index in [9.17, 15) is 4.79 Å². The maximum absolute atomic E-state index is 12.9. The summed E-state index contributed by atoms with van der Waals surface area (Å²) in [5, 5.41) is 6.21. The molecular weight excluding hydrogens is 466 g/mol. The molecule has 0 saturated carbocycles. The average molecular weight is 492 g/mol. The van der Waals surface area contributed by atoms with Crippen molar-refractivity contribution in [3.8, 4) is 0 Å². The van der Waals surface area contributed by atoms with Gasteiger partial charge in [0.25, 0.3) is 0 Å². The van der Waals surface area contributed by atoms with Gasteiger partial charge in [-0.15, -0.1) is 11.3 Å². The van der Waals surface area contributed by atoms with Crippen molar-refractivity contribution in [3.63, 3.8) is 0 Å². The molecule has 1 aromatic carbocycles. The van der Waals surface area contributed by atoms with Crippen LogP contribution in [0.25, 0.3) is 10.8 Å². The average Bonchev–Trinajstić information content (AvgIpc) is 3.44. The highest BCUT2D eigenvalue weighted by molar-refractivity contribution is 7.14. The third-order valence-corrected chi connectivity index (χ3v) is 7.81. The summed E-state index contributed by atoms with van der Waals surface area (Å²) in [6.07, 6.45) is 7.52. The number of carbonyl (C=O) groups excluding carboxylic acids is 1. The number of nitrogens with one attached hydrogen (secondary N) is 1. The van der Waals surface area contributed by atoms with Crippen molar-refractivity contribution >= 4 is 51.0 Å². The number of hydrogen-bond acceptors (Lipinski definition) is 7. The number of rotatable bonds is 8. The van der Waals surface area contributed by atoms with Crippen LogP contribution in [0.15, 0.2) is 61.1 Å². The molecule has 0 unspecified atom stereocenters. The Hall–Kier alpha value is -3.00. The number of ketones is 1. The summed E-state index contributed by atoms with van der Waals surface area (Å²) >= 11 is 8.04. The predicted octanol–water partition coefficient (Wildman–Crippen LogP) is 5.43. The van der Waals surface area contributed by atoms with Crippen molar-refractivity contribution in [1.82, 2.24) is 14.9 Å². The van der Waals surface area contributed by atoms with Crippen molar-refractivity contribution in [1.29, 1.82) is 0 Å². The number of thiophene rings is 1. The molecule has 1 atom stereocenters. The summed E-state index contributed by atoms with van der Waals surface area (Å²) in [7, 11) is 0. The molecule has 3 N–H and O–H groups in total. The summed E-state index contributed by atoms with van der Waals surface area (Å²) in [5.41, 5.74) is 8.09. The number of nitrogens with zero attached hydrogens (tertiary/aromatic N) is 3. The molecule has 0 aliphatic carbocycles. The topological polar surface area (TPSA) is 84.1 Å². The Morgan fingerprint density at radius 1 is 1.24 bits per heavy atom. The van der Waals surface area contributed by atoms with Gasteiger partial charge in [0, 0.05) is 61.0 Å². The van der Waals surface area contributed by atoms with Crippen LogP contribution < -0.4 is 11.1 Å². The second kappa shape index (κ2) is 10.1. The number of anilines is 2. The largest absolute Gasteiger partial charge is 0.383 e. The minimum Gasteiger partial charge on any atom is -0.383 e. The van der Waals surface area contributed by atoms with Gasteiger partial charge in [0.05, 0.1) is 15.6 Å². The third kappa shape index (κ3) is 5.22. The summed E-state index contributed by atoms with van der Waals surface area (Å²) in [6.45, 7) is 2.70. The molecule has 34 heavy (non-hydrogen) atoms. The van der Waals surface area contributed by atoms with E-state index in [1.165, 1.54) is 11.3 Å². The van der Waals surface area contributed by atoms with Crippen LogP contribution in [0.4, 0.5) is 11.5 Å². The molecule has 0 bridgehead atoms. The second-order valence-corrected chi connectivity index (χ2v) is 10.2. The van der Waals surface area contributed by atoms with Gasteiger partial charge in [-0.2, -0.15) is 0 Å². The van der Waals surface area contributed by atoms with Crippen molar-refractivity contribution in [2.45, 2.75) is 31.8 Å². The quantitative estimate of drug-likeness (QED) is 0.320. The third-order valence-electron chi connectivity index (χ3n) is 6.20. The normalized spacial score (nSPS) is 16.2. The monoisotopic (exact) mass is 491 g/mol. The van der Waals surface area contributed by atoms with E-state index in [4.69, 9.17) is 17.3 Å². The molecule has 4 heterocycles. The number of halogens is 1. The van der Waals surface area contributed by atoms with Gasteiger partial charge in [-0.3, -0.25) is 14.7 Å². The van der Waals surface area contributed by atoms with Gasteiger partial charge in [0.1, 0.15) is 5.82 Å². The standard InChI is InChI=1S/C26H26ClN5OS/c27-22-13-24(23(33)6-4-17-3-5-21-18(12-17)7-10-30-26(21)28)34-25(22)16-32-11-8-20(15-32)31-19-2-1-9-29-14-19/h1-3,5,7,9-10,12-14,20,31H,4,6,8,11,15-16H2,(H2,28,30)/t20-/m1/s1. The van der Waals surface area contributed by atoms with E-state index in [0.717, 1.165) is 57.8 Å². The van der Waals surface area contributed by atoms with Gasteiger partial charge in [0.15, 0.2) is 5.78 Å². The molecule has 174 valence electrons. The molecule has 3 aromatic heterocycles. The van der Waals surface area contributed by atoms with Crippen LogP contribution in [0.5, 0.6) is 0 Å². The molecule has 1 saturated heterocycles. The van der Waals surface area contributed by atoms with Crippen molar-refractivity contribution < 1.29 is 4.79 Å². The number of hydrogen-bond donors (Lipinski definition) is 2. The molecule has 1 fully saturated rings. The van der Waals surface area contributed by atoms with Crippen molar-refractivity contribution in [2.24, 2.45) is 0 Å². The number of carbonyl (C=O) groups is 1. The lowest BCUT2D eigenvalue weighted by molar-refractivity contribution is 0.0986. The number of aromatic nitrogens is 2. The summed E-state index contributed by atoms with van der Waals surface area (Å²) < 4.78 is 0. The SMILES string of the molecule is Nc1nccc2cc(CCC(=O)c3cc(Cl)c(CN4CC[C@@H](Nc5cccnc5)C4)s3)ccc12. The molecule has 4 aromatic rings. The summed E-state index contributed by atoms with van der Waals surface area (Å²) in [6, 6.07) is 14.2. The first kappa shape index (κ1) is 22.8. The van der Waals surface area contributed by atoms with Crippen LogP contribution in [0, 0.1) is 0 Å². The molecular formula is C26H26ClN5OS. The molecule has 0 radical (unpaired) electrons. The maximum Gasteiger partial charge on any atom is 0.173 e. The fraction of sp³-hybridized carbons (Fsp3) is 0.269. The van der Waals surface area contributed by atoms with E-state index < -0.39 is 0 Å². The maximum atomic E-state index is 12.9. The van der Waals surface area contributed by atoms with Crippen LogP contribution in [-0.2, 0) is 13.0 Å². The van der Waals surface area contributed by atoms with E-state index in [1.807, 2.05) is 42.6 Å².